The van der Waals surface area contributed by atoms with Gasteiger partial charge in [0.05, 0.1) is 18.3 Å². The molecule has 10 atom stereocenters. The van der Waals surface area contributed by atoms with Crippen molar-refractivity contribution < 1.29 is 14.9 Å². The fourth-order valence-electron chi connectivity index (χ4n) is 9.17. The molecule has 0 saturated heterocycles. The van der Waals surface area contributed by atoms with Crippen LogP contribution in [0.25, 0.3) is 0 Å². The van der Waals surface area contributed by atoms with Crippen LogP contribution in [0.4, 0.5) is 0 Å². The van der Waals surface area contributed by atoms with Crippen LogP contribution in [-0.4, -0.2) is 35.1 Å². The van der Waals surface area contributed by atoms with E-state index in [1.807, 2.05) is 13.8 Å². The maximum absolute atomic E-state index is 10.4. The zero-order chi connectivity index (χ0) is 24.4. The molecule has 0 radical (unpaired) electrons. The Balaban J connectivity index is 0.00000149. The SMILES string of the molecule is CC.CCOC(CCC(O)C(C)C)C1CCC2C3CC[C@H]4CC(O)CCC4(C)C3CCC12C. The Hall–Kier alpha value is -0.120. The van der Waals surface area contributed by atoms with Gasteiger partial charge in [-0.05, 0) is 124 Å². The molecule has 4 fully saturated rings. The van der Waals surface area contributed by atoms with Crippen molar-refractivity contribution in [2.24, 2.45) is 46.3 Å². The molecule has 0 aromatic heterocycles. The molecule has 0 spiro atoms. The maximum atomic E-state index is 10.4. The Labute approximate surface area is 205 Å². The minimum absolute atomic E-state index is 0.0486. The van der Waals surface area contributed by atoms with E-state index in [1.54, 1.807) is 0 Å². The van der Waals surface area contributed by atoms with E-state index in [0.717, 1.165) is 56.0 Å². The van der Waals surface area contributed by atoms with E-state index in [2.05, 4.69) is 34.6 Å². The van der Waals surface area contributed by atoms with Gasteiger partial charge in [-0.2, -0.15) is 0 Å². The van der Waals surface area contributed by atoms with Crippen LogP contribution < -0.4 is 0 Å². The minimum Gasteiger partial charge on any atom is -0.393 e. The van der Waals surface area contributed by atoms with E-state index < -0.39 is 0 Å². The number of hydrogen-bond acceptors (Lipinski definition) is 3. The molecule has 194 valence electrons. The summed E-state index contributed by atoms with van der Waals surface area (Å²) in [5.41, 5.74) is 0.865. The Morgan fingerprint density at radius 3 is 2.21 bits per heavy atom. The zero-order valence-corrected chi connectivity index (χ0v) is 23.0. The fourth-order valence-corrected chi connectivity index (χ4v) is 9.17. The Morgan fingerprint density at radius 2 is 1.55 bits per heavy atom. The van der Waals surface area contributed by atoms with E-state index in [0.29, 0.717) is 28.8 Å². The van der Waals surface area contributed by atoms with Gasteiger partial charge in [-0.25, -0.2) is 0 Å². The van der Waals surface area contributed by atoms with Crippen molar-refractivity contribution in [3.63, 3.8) is 0 Å². The van der Waals surface area contributed by atoms with E-state index >= 15 is 0 Å². The highest BCUT2D eigenvalue weighted by atomic mass is 16.5. The quantitative estimate of drug-likeness (QED) is 0.417. The molecule has 0 bridgehead atoms. The number of ether oxygens (including phenoxy) is 1. The molecular weight excluding hydrogens is 408 g/mol. The zero-order valence-electron chi connectivity index (χ0n) is 23.0. The topological polar surface area (TPSA) is 49.7 Å². The Kier molecular flexibility index (Phi) is 9.40. The van der Waals surface area contributed by atoms with Crippen LogP contribution in [0.1, 0.15) is 119 Å². The monoisotopic (exact) mass is 464 g/mol. The third kappa shape index (κ3) is 5.21. The highest BCUT2D eigenvalue weighted by Crippen LogP contribution is 2.68. The van der Waals surface area contributed by atoms with Crippen molar-refractivity contribution in [3.05, 3.63) is 0 Å². The average molecular weight is 465 g/mol. The third-order valence-electron chi connectivity index (χ3n) is 11.1. The lowest BCUT2D eigenvalue weighted by molar-refractivity contribution is -0.137. The number of hydrogen-bond donors (Lipinski definition) is 2. The maximum Gasteiger partial charge on any atom is 0.0609 e. The first-order chi connectivity index (χ1) is 15.7. The fraction of sp³-hybridized carbons (Fsp3) is 1.00. The van der Waals surface area contributed by atoms with Crippen molar-refractivity contribution in [1.82, 2.24) is 0 Å². The van der Waals surface area contributed by atoms with Gasteiger partial charge in [0.25, 0.3) is 0 Å². The predicted molar refractivity (Wildman–Crippen MR) is 138 cm³/mol. The van der Waals surface area contributed by atoms with Crippen LogP contribution in [0.5, 0.6) is 0 Å². The van der Waals surface area contributed by atoms with Crippen LogP contribution in [0, 0.1) is 46.3 Å². The van der Waals surface area contributed by atoms with Crippen LogP contribution in [0.2, 0.25) is 0 Å². The van der Waals surface area contributed by atoms with E-state index in [9.17, 15) is 10.2 Å². The first-order valence-electron chi connectivity index (χ1n) is 14.7. The molecule has 0 heterocycles. The molecular formula is C30H56O3. The van der Waals surface area contributed by atoms with E-state index in [1.165, 1.54) is 44.9 Å². The van der Waals surface area contributed by atoms with Gasteiger partial charge in [-0.15, -0.1) is 0 Å². The van der Waals surface area contributed by atoms with Gasteiger partial charge in [-0.3, -0.25) is 0 Å². The molecule has 0 aliphatic heterocycles. The van der Waals surface area contributed by atoms with Crippen LogP contribution >= 0.6 is 0 Å². The molecule has 4 aliphatic rings. The lowest BCUT2D eigenvalue weighted by Gasteiger charge is -2.61. The predicted octanol–water partition coefficient (Wildman–Crippen LogP) is 7.23. The molecule has 2 N–H and O–H groups in total. The largest absolute Gasteiger partial charge is 0.393 e. The van der Waals surface area contributed by atoms with Crippen molar-refractivity contribution in [3.8, 4) is 0 Å². The van der Waals surface area contributed by atoms with Crippen LogP contribution in [0.3, 0.4) is 0 Å². The van der Waals surface area contributed by atoms with Gasteiger partial charge < -0.3 is 14.9 Å². The number of rotatable bonds is 7. The van der Waals surface area contributed by atoms with Gasteiger partial charge in [0.1, 0.15) is 0 Å². The molecule has 0 amide bonds. The second-order valence-electron chi connectivity index (χ2n) is 12.7. The number of aliphatic hydroxyl groups is 2. The average Bonchev–Trinajstić information content (AvgIpc) is 3.15. The molecule has 33 heavy (non-hydrogen) atoms. The molecule has 3 nitrogen and oxygen atoms in total. The van der Waals surface area contributed by atoms with Crippen molar-refractivity contribution in [2.45, 2.75) is 137 Å². The van der Waals surface area contributed by atoms with Gasteiger partial charge in [0.15, 0.2) is 0 Å². The molecule has 3 heteroatoms. The molecule has 4 saturated carbocycles. The van der Waals surface area contributed by atoms with Gasteiger partial charge in [0.2, 0.25) is 0 Å². The normalized spacial score (nSPS) is 44.2. The van der Waals surface area contributed by atoms with Gasteiger partial charge in [-0.1, -0.05) is 41.5 Å². The summed E-state index contributed by atoms with van der Waals surface area (Å²) in [5, 5.41) is 20.7. The summed E-state index contributed by atoms with van der Waals surface area (Å²) >= 11 is 0. The summed E-state index contributed by atoms with van der Waals surface area (Å²) in [6.07, 6.45) is 13.4. The van der Waals surface area contributed by atoms with Crippen molar-refractivity contribution in [2.75, 3.05) is 6.61 Å². The van der Waals surface area contributed by atoms with E-state index in [4.69, 9.17) is 4.74 Å². The second-order valence-corrected chi connectivity index (χ2v) is 12.7. The Bertz CT molecular complexity index is 605. The first-order valence-corrected chi connectivity index (χ1v) is 14.7. The van der Waals surface area contributed by atoms with Crippen molar-refractivity contribution in [1.29, 1.82) is 0 Å². The number of aliphatic hydroxyl groups excluding tert-OH is 2. The molecule has 4 aliphatic carbocycles. The summed E-state index contributed by atoms with van der Waals surface area (Å²) in [6, 6.07) is 0. The highest BCUT2D eigenvalue weighted by molar-refractivity contribution is 5.10. The molecule has 4 rings (SSSR count). The summed E-state index contributed by atoms with van der Waals surface area (Å²) in [4.78, 5) is 0. The molecule has 0 aromatic carbocycles. The highest BCUT2D eigenvalue weighted by Gasteiger charge is 2.61. The lowest BCUT2D eigenvalue weighted by atomic mass is 9.44. The lowest BCUT2D eigenvalue weighted by Crippen LogP contribution is -2.54. The molecule has 0 aromatic rings. The Morgan fingerprint density at radius 1 is 0.879 bits per heavy atom. The van der Waals surface area contributed by atoms with Crippen LogP contribution in [-0.2, 0) is 4.74 Å². The summed E-state index contributed by atoms with van der Waals surface area (Å²) in [7, 11) is 0. The second kappa shape index (κ2) is 11.3. The van der Waals surface area contributed by atoms with Gasteiger partial charge in [0, 0.05) is 6.61 Å². The smallest absolute Gasteiger partial charge is 0.0609 e. The standard InChI is InChI=1S/C28H50O3.C2H6/c1-6-31-26(12-11-25(30)18(2)3)24-10-9-22-21-8-7-19-17-20(29)13-15-27(19,4)23(21)14-16-28(22,24)5;1-2/h18-26,29-30H,6-17H2,1-5H3;1-2H3/t19-,20?,21?,22?,23?,24?,25?,26?,27?,28?;/m0./s1. The van der Waals surface area contributed by atoms with Gasteiger partial charge >= 0.3 is 0 Å². The summed E-state index contributed by atoms with van der Waals surface area (Å²) in [5.74, 6) is 4.31. The minimum atomic E-state index is -0.208. The molecule has 9 unspecified atom stereocenters. The van der Waals surface area contributed by atoms with Crippen molar-refractivity contribution >= 4 is 0 Å². The van der Waals surface area contributed by atoms with E-state index in [-0.39, 0.29) is 12.2 Å². The van der Waals surface area contributed by atoms with Crippen LogP contribution in [0.15, 0.2) is 0 Å². The number of fused-ring (bicyclic) bond motifs is 5. The summed E-state index contributed by atoms with van der Waals surface area (Å²) < 4.78 is 6.38. The first kappa shape index (κ1) is 27.5. The third-order valence-corrected chi connectivity index (χ3v) is 11.1. The summed E-state index contributed by atoms with van der Waals surface area (Å²) in [6.45, 7) is 16.4.